The highest BCUT2D eigenvalue weighted by Gasteiger charge is 2.07. The minimum Gasteiger partial charge on any atom is -0.497 e. The molecule has 0 amide bonds. The van der Waals surface area contributed by atoms with E-state index in [-0.39, 0.29) is 6.61 Å². The van der Waals surface area contributed by atoms with Crippen molar-refractivity contribution >= 4 is 0 Å². The van der Waals surface area contributed by atoms with Gasteiger partial charge in [-0.2, -0.15) is 0 Å². The SMILES string of the molecule is COc1ccc(-c2nc(CCO)c(C)[nH]2)cc1. The third-order valence-electron chi connectivity index (χ3n) is 2.70. The Kier molecular flexibility index (Phi) is 3.44. The van der Waals surface area contributed by atoms with Gasteiger partial charge >= 0.3 is 0 Å². The molecule has 4 nitrogen and oxygen atoms in total. The minimum atomic E-state index is 0.119. The van der Waals surface area contributed by atoms with Crippen LogP contribution in [-0.2, 0) is 6.42 Å². The number of aliphatic hydroxyl groups excluding tert-OH is 1. The molecule has 0 bridgehead atoms. The summed E-state index contributed by atoms with van der Waals surface area (Å²) >= 11 is 0. The number of aryl methyl sites for hydroxylation is 1. The van der Waals surface area contributed by atoms with Gasteiger partial charge in [0.2, 0.25) is 0 Å². The number of benzene rings is 1. The molecule has 0 aliphatic heterocycles. The van der Waals surface area contributed by atoms with Crippen molar-refractivity contribution in [1.82, 2.24) is 9.97 Å². The Morgan fingerprint density at radius 3 is 2.59 bits per heavy atom. The number of aromatic amines is 1. The average Bonchev–Trinajstić information content (AvgIpc) is 2.72. The van der Waals surface area contributed by atoms with E-state index in [1.807, 2.05) is 31.2 Å². The molecule has 1 aromatic carbocycles. The molecule has 2 N–H and O–H groups in total. The van der Waals surface area contributed by atoms with E-state index in [2.05, 4.69) is 9.97 Å². The van der Waals surface area contributed by atoms with Gasteiger partial charge in [-0.15, -0.1) is 0 Å². The van der Waals surface area contributed by atoms with Gasteiger partial charge in [0, 0.05) is 24.3 Å². The first kappa shape index (κ1) is 11.7. The van der Waals surface area contributed by atoms with Gasteiger partial charge in [0.05, 0.1) is 12.8 Å². The van der Waals surface area contributed by atoms with Crippen LogP contribution in [0.25, 0.3) is 11.4 Å². The molecule has 90 valence electrons. The van der Waals surface area contributed by atoms with Gasteiger partial charge < -0.3 is 14.8 Å². The highest BCUT2D eigenvalue weighted by molar-refractivity contribution is 5.57. The number of hydrogen-bond donors (Lipinski definition) is 2. The maximum atomic E-state index is 8.92. The van der Waals surface area contributed by atoms with Crippen LogP contribution in [0.15, 0.2) is 24.3 Å². The summed E-state index contributed by atoms with van der Waals surface area (Å²) in [6.07, 6.45) is 0.582. The van der Waals surface area contributed by atoms with Crippen molar-refractivity contribution in [2.24, 2.45) is 0 Å². The summed E-state index contributed by atoms with van der Waals surface area (Å²) in [5, 5.41) is 8.92. The number of methoxy groups -OCH3 is 1. The molecule has 2 rings (SSSR count). The van der Waals surface area contributed by atoms with E-state index in [0.29, 0.717) is 6.42 Å². The van der Waals surface area contributed by atoms with E-state index in [0.717, 1.165) is 28.5 Å². The summed E-state index contributed by atoms with van der Waals surface area (Å²) in [6.45, 7) is 2.08. The molecule has 0 saturated carbocycles. The number of ether oxygens (including phenoxy) is 1. The lowest BCUT2D eigenvalue weighted by atomic mass is 10.2. The Bertz CT molecular complexity index is 489. The van der Waals surface area contributed by atoms with Gasteiger partial charge in [-0.1, -0.05) is 0 Å². The number of imidazole rings is 1. The Hall–Kier alpha value is -1.81. The minimum absolute atomic E-state index is 0.119. The lowest BCUT2D eigenvalue weighted by molar-refractivity contribution is 0.298. The van der Waals surface area contributed by atoms with Crippen molar-refractivity contribution < 1.29 is 9.84 Å². The van der Waals surface area contributed by atoms with E-state index in [1.54, 1.807) is 7.11 Å². The third kappa shape index (κ3) is 2.47. The van der Waals surface area contributed by atoms with Crippen LogP contribution < -0.4 is 4.74 Å². The van der Waals surface area contributed by atoms with E-state index < -0.39 is 0 Å². The van der Waals surface area contributed by atoms with Crippen molar-refractivity contribution in [3.8, 4) is 17.1 Å². The van der Waals surface area contributed by atoms with Gasteiger partial charge in [0.15, 0.2) is 0 Å². The second-order valence-electron chi connectivity index (χ2n) is 3.86. The largest absolute Gasteiger partial charge is 0.497 e. The number of H-pyrrole nitrogens is 1. The zero-order valence-electron chi connectivity index (χ0n) is 10.0. The van der Waals surface area contributed by atoms with Crippen molar-refractivity contribution in [3.63, 3.8) is 0 Å². The fraction of sp³-hybridized carbons (Fsp3) is 0.308. The fourth-order valence-electron chi connectivity index (χ4n) is 1.73. The number of rotatable bonds is 4. The van der Waals surface area contributed by atoms with Gasteiger partial charge in [0.25, 0.3) is 0 Å². The van der Waals surface area contributed by atoms with Gasteiger partial charge in [0.1, 0.15) is 11.6 Å². The summed E-state index contributed by atoms with van der Waals surface area (Å²) in [6, 6.07) is 7.72. The smallest absolute Gasteiger partial charge is 0.137 e. The van der Waals surface area contributed by atoms with Crippen LogP contribution in [0.1, 0.15) is 11.4 Å². The van der Waals surface area contributed by atoms with Gasteiger partial charge in [-0.3, -0.25) is 0 Å². The molecule has 0 radical (unpaired) electrons. The molecule has 0 aliphatic carbocycles. The predicted octanol–water partition coefficient (Wildman–Crippen LogP) is 1.93. The molecular weight excluding hydrogens is 216 g/mol. The van der Waals surface area contributed by atoms with Crippen molar-refractivity contribution in [1.29, 1.82) is 0 Å². The monoisotopic (exact) mass is 232 g/mol. The first-order valence-corrected chi connectivity index (χ1v) is 5.55. The molecule has 0 atom stereocenters. The quantitative estimate of drug-likeness (QED) is 0.846. The van der Waals surface area contributed by atoms with Crippen LogP contribution in [0.2, 0.25) is 0 Å². The zero-order valence-corrected chi connectivity index (χ0v) is 10.0. The number of hydrogen-bond acceptors (Lipinski definition) is 3. The summed E-state index contributed by atoms with van der Waals surface area (Å²) in [4.78, 5) is 7.69. The Morgan fingerprint density at radius 1 is 1.29 bits per heavy atom. The Labute approximate surface area is 100 Å². The maximum Gasteiger partial charge on any atom is 0.137 e. The third-order valence-corrected chi connectivity index (χ3v) is 2.70. The molecule has 4 heteroatoms. The first-order valence-electron chi connectivity index (χ1n) is 5.55. The first-order chi connectivity index (χ1) is 8.24. The van der Waals surface area contributed by atoms with Crippen LogP contribution in [0.5, 0.6) is 5.75 Å². The molecule has 17 heavy (non-hydrogen) atoms. The topological polar surface area (TPSA) is 58.1 Å². The molecule has 0 spiro atoms. The lowest BCUT2D eigenvalue weighted by Gasteiger charge is -2.00. The normalized spacial score (nSPS) is 10.5. The van der Waals surface area contributed by atoms with Crippen LogP contribution in [0.3, 0.4) is 0 Å². The van der Waals surface area contributed by atoms with E-state index in [4.69, 9.17) is 9.84 Å². The predicted molar refractivity (Wildman–Crippen MR) is 66.1 cm³/mol. The van der Waals surface area contributed by atoms with Gasteiger partial charge in [-0.05, 0) is 31.2 Å². The number of nitrogens with one attached hydrogen (secondary N) is 1. The molecule has 1 heterocycles. The van der Waals surface area contributed by atoms with Crippen LogP contribution in [0.4, 0.5) is 0 Å². The fourth-order valence-corrected chi connectivity index (χ4v) is 1.73. The standard InChI is InChI=1S/C13H16N2O2/c1-9-12(7-8-16)15-13(14-9)10-3-5-11(17-2)6-4-10/h3-6,16H,7-8H2,1-2H3,(H,14,15). The number of nitrogens with zero attached hydrogens (tertiary/aromatic N) is 1. The molecule has 0 unspecified atom stereocenters. The molecule has 0 aliphatic rings. The van der Waals surface area contributed by atoms with Crippen LogP contribution >= 0.6 is 0 Å². The molecule has 1 aromatic heterocycles. The van der Waals surface area contributed by atoms with Gasteiger partial charge in [-0.25, -0.2) is 4.98 Å². The summed E-state index contributed by atoms with van der Waals surface area (Å²) in [5.74, 6) is 1.65. The Morgan fingerprint density at radius 2 is 2.00 bits per heavy atom. The number of aromatic nitrogens is 2. The summed E-state index contributed by atoms with van der Waals surface area (Å²) in [7, 11) is 1.64. The lowest BCUT2D eigenvalue weighted by Crippen LogP contribution is -1.92. The number of aliphatic hydroxyl groups is 1. The van der Waals surface area contributed by atoms with E-state index >= 15 is 0 Å². The highest BCUT2D eigenvalue weighted by atomic mass is 16.5. The molecule has 0 saturated heterocycles. The van der Waals surface area contributed by atoms with Crippen molar-refractivity contribution in [2.45, 2.75) is 13.3 Å². The molecule has 0 fully saturated rings. The Balaban J connectivity index is 2.29. The van der Waals surface area contributed by atoms with Crippen LogP contribution in [-0.4, -0.2) is 28.8 Å². The van der Waals surface area contributed by atoms with E-state index in [9.17, 15) is 0 Å². The zero-order chi connectivity index (χ0) is 12.3. The van der Waals surface area contributed by atoms with Crippen molar-refractivity contribution in [3.05, 3.63) is 35.7 Å². The molecular formula is C13H16N2O2. The van der Waals surface area contributed by atoms with Crippen molar-refractivity contribution in [2.75, 3.05) is 13.7 Å². The molecule has 2 aromatic rings. The van der Waals surface area contributed by atoms with E-state index in [1.165, 1.54) is 0 Å². The summed E-state index contributed by atoms with van der Waals surface area (Å²) < 4.78 is 5.11. The second-order valence-corrected chi connectivity index (χ2v) is 3.86. The summed E-state index contributed by atoms with van der Waals surface area (Å²) in [5.41, 5.74) is 2.93. The average molecular weight is 232 g/mol. The highest BCUT2D eigenvalue weighted by Crippen LogP contribution is 2.21. The second kappa shape index (κ2) is 5.01. The van der Waals surface area contributed by atoms with Crippen LogP contribution in [0, 0.1) is 6.92 Å². The maximum absolute atomic E-state index is 8.92.